The molecule has 2 fully saturated rings. The van der Waals surface area contributed by atoms with Crippen molar-refractivity contribution in [2.24, 2.45) is 5.92 Å². The first-order valence-corrected chi connectivity index (χ1v) is 13.0. The Hall–Kier alpha value is -1.49. The number of nitrogens with zero attached hydrogens (tertiary/aromatic N) is 3. The van der Waals surface area contributed by atoms with Gasteiger partial charge in [-0.25, -0.2) is 13.4 Å². The van der Waals surface area contributed by atoms with Gasteiger partial charge < -0.3 is 10.1 Å². The summed E-state index contributed by atoms with van der Waals surface area (Å²) in [5.74, 6) is 0.0221. The van der Waals surface area contributed by atoms with Crippen LogP contribution in [0, 0.1) is 5.92 Å². The van der Waals surface area contributed by atoms with E-state index >= 15 is 0 Å². The zero-order valence-corrected chi connectivity index (χ0v) is 18.9. The second-order valence-electron chi connectivity index (χ2n) is 7.87. The Labute approximate surface area is 184 Å². The molecule has 0 radical (unpaired) electrons. The van der Waals surface area contributed by atoms with Gasteiger partial charge in [0.05, 0.1) is 17.6 Å². The lowest BCUT2D eigenvalue weighted by molar-refractivity contribution is -0.120. The molecule has 2 aromatic rings. The third kappa shape index (κ3) is 4.87. The first-order valence-electron chi connectivity index (χ1n) is 10.2. The van der Waals surface area contributed by atoms with Crippen LogP contribution in [0.15, 0.2) is 23.5 Å². The molecular formula is C19H25ClN4O4S2. The van der Waals surface area contributed by atoms with Crippen molar-refractivity contribution in [2.75, 3.05) is 18.5 Å². The van der Waals surface area contributed by atoms with E-state index in [1.165, 1.54) is 34.6 Å². The summed E-state index contributed by atoms with van der Waals surface area (Å²) in [4.78, 5) is 17.4. The number of rotatable bonds is 7. The molecule has 0 spiro atoms. The van der Waals surface area contributed by atoms with Gasteiger partial charge in [0.15, 0.2) is 15.0 Å². The molecule has 1 aliphatic carbocycles. The van der Waals surface area contributed by atoms with Gasteiger partial charge in [0.25, 0.3) is 5.91 Å². The molecule has 4 rings (SSSR count). The number of nitrogens with one attached hydrogen (secondary N) is 1. The highest BCUT2D eigenvalue weighted by molar-refractivity contribution is 7.92. The zero-order valence-electron chi connectivity index (χ0n) is 16.5. The molecule has 8 nitrogen and oxygen atoms in total. The van der Waals surface area contributed by atoms with E-state index in [1.807, 2.05) is 0 Å². The maximum Gasteiger partial charge on any atom is 0.251 e. The van der Waals surface area contributed by atoms with Gasteiger partial charge in [-0.3, -0.25) is 9.48 Å². The van der Waals surface area contributed by atoms with Gasteiger partial charge in [0.1, 0.15) is 15.3 Å². The highest BCUT2D eigenvalue weighted by Crippen LogP contribution is 2.32. The molecule has 1 N–H and O–H groups in total. The molecule has 0 aromatic carbocycles. The highest BCUT2D eigenvalue weighted by atomic mass is 35.5. The number of hydrogen-bond acceptors (Lipinski definition) is 7. The van der Waals surface area contributed by atoms with Crippen LogP contribution < -0.4 is 5.32 Å². The number of amides is 1. The molecule has 1 saturated carbocycles. The van der Waals surface area contributed by atoms with Gasteiger partial charge in [-0.2, -0.15) is 5.10 Å². The normalized spacial score (nSPS) is 19.8. The highest BCUT2D eigenvalue weighted by Gasteiger charge is 2.33. The van der Waals surface area contributed by atoms with Crippen LogP contribution in [0.5, 0.6) is 0 Å². The quantitative estimate of drug-likeness (QED) is 0.658. The number of aromatic nitrogens is 3. The monoisotopic (exact) mass is 472 g/mol. The predicted octanol–water partition coefficient (Wildman–Crippen LogP) is 3.71. The third-order valence-corrected chi connectivity index (χ3v) is 9.12. The number of carbonyl (C=O) groups excluding carboxylic acids is 1. The summed E-state index contributed by atoms with van der Waals surface area (Å²) in [6.45, 7) is 1.34. The number of sulfone groups is 1. The number of ether oxygens (including phenoxy) is 1. The average molecular weight is 473 g/mol. The van der Waals surface area contributed by atoms with Crippen LogP contribution in [0.25, 0.3) is 0 Å². The molecule has 30 heavy (non-hydrogen) atoms. The summed E-state index contributed by atoms with van der Waals surface area (Å²) in [5, 5.41) is 7.15. The van der Waals surface area contributed by atoms with Gasteiger partial charge in [0.2, 0.25) is 0 Å². The van der Waals surface area contributed by atoms with E-state index in [0.29, 0.717) is 47.9 Å². The number of anilines is 1. The molecule has 1 atom stereocenters. The van der Waals surface area contributed by atoms with Crippen molar-refractivity contribution in [1.82, 2.24) is 14.8 Å². The fourth-order valence-corrected chi connectivity index (χ4v) is 6.77. The lowest BCUT2D eigenvalue weighted by Crippen LogP contribution is -2.30. The van der Waals surface area contributed by atoms with E-state index in [4.69, 9.17) is 16.3 Å². The minimum absolute atomic E-state index is 0.191. The fraction of sp³-hybridized carbons (Fsp3) is 0.632. The molecule has 3 heterocycles. The predicted molar refractivity (Wildman–Crippen MR) is 115 cm³/mol. The average Bonchev–Trinajstić information content (AvgIpc) is 3.49. The summed E-state index contributed by atoms with van der Waals surface area (Å²) in [7, 11) is -3.43. The Bertz CT molecular complexity index is 978. The van der Waals surface area contributed by atoms with Gasteiger partial charge in [-0.1, -0.05) is 35.8 Å². The van der Waals surface area contributed by atoms with Crippen LogP contribution in [0.3, 0.4) is 0 Å². The number of thiazole rings is 1. The van der Waals surface area contributed by atoms with Crippen molar-refractivity contribution in [3.8, 4) is 0 Å². The Morgan fingerprint density at radius 2 is 2.00 bits per heavy atom. The third-order valence-electron chi connectivity index (χ3n) is 5.87. The van der Waals surface area contributed by atoms with E-state index in [1.54, 1.807) is 0 Å². The standard InChI is InChI=1S/C19H25ClN4O4S2/c20-17-11-21-19(29-17)23-18(25)16(9-13-5-7-28-8-6-13)24-12-15(10-22-24)30(26,27)14-3-1-2-4-14/h10-14,16H,1-9H2,(H,21,23,25). The van der Waals surface area contributed by atoms with Crippen molar-refractivity contribution in [3.05, 3.63) is 22.9 Å². The maximum absolute atomic E-state index is 13.1. The largest absolute Gasteiger partial charge is 0.381 e. The summed E-state index contributed by atoms with van der Waals surface area (Å²) < 4.78 is 33.3. The smallest absolute Gasteiger partial charge is 0.251 e. The molecule has 164 valence electrons. The lowest BCUT2D eigenvalue weighted by Gasteiger charge is -2.26. The van der Waals surface area contributed by atoms with Gasteiger partial charge in [-0.05, 0) is 38.0 Å². The van der Waals surface area contributed by atoms with E-state index in [2.05, 4.69) is 15.4 Å². The van der Waals surface area contributed by atoms with E-state index in [-0.39, 0.29) is 16.1 Å². The molecule has 1 saturated heterocycles. The van der Waals surface area contributed by atoms with Crippen molar-refractivity contribution in [1.29, 1.82) is 0 Å². The summed E-state index contributed by atoms with van der Waals surface area (Å²) in [5.41, 5.74) is 0. The molecular weight excluding hydrogens is 448 g/mol. The second-order valence-corrected chi connectivity index (χ2v) is 11.8. The van der Waals surface area contributed by atoms with Gasteiger partial charge >= 0.3 is 0 Å². The summed E-state index contributed by atoms with van der Waals surface area (Å²) in [6.07, 6.45) is 9.88. The van der Waals surface area contributed by atoms with E-state index in [9.17, 15) is 13.2 Å². The first-order chi connectivity index (χ1) is 14.4. The van der Waals surface area contributed by atoms with E-state index < -0.39 is 15.9 Å². The van der Waals surface area contributed by atoms with Crippen LogP contribution in [0.2, 0.25) is 4.34 Å². The molecule has 1 amide bonds. The SMILES string of the molecule is O=C(Nc1ncc(Cl)s1)C(CC1CCOCC1)n1cc(S(=O)(=O)C2CCCC2)cn1. The number of halogens is 1. The molecule has 1 aliphatic heterocycles. The Morgan fingerprint density at radius 3 is 2.67 bits per heavy atom. The van der Waals surface area contributed by atoms with Crippen molar-refractivity contribution in [3.63, 3.8) is 0 Å². The second kappa shape index (κ2) is 9.33. The van der Waals surface area contributed by atoms with Crippen molar-refractivity contribution < 1.29 is 17.9 Å². The first kappa shape index (κ1) is 21.7. The maximum atomic E-state index is 13.1. The zero-order chi connectivity index (χ0) is 21.1. The van der Waals surface area contributed by atoms with Crippen LogP contribution in [-0.4, -0.2) is 47.6 Å². The van der Waals surface area contributed by atoms with Crippen LogP contribution in [-0.2, 0) is 19.4 Å². The lowest BCUT2D eigenvalue weighted by atomic mass is 9.92. The van der Waals surface area contributed by atoms with Crippen LogP contribution in [0.4, 0.5) is 5.13 Å². The van der Waals surface area contributed by atoms with Gasteiger partial charge in [-0.15, -0.1) is 0 Å². The Morgan fingerprint density at radius 1 is 1.27 bits per heavy atom. The fourth-order valence-electron chi connectivity index (χ4n) is 4.16. The molecule has 11 heteroatoms. The minimum atomic E-state index is -3.43. The molecule has 1 unspecified atom stereocenters. The van der Waals surface area contributed by atoms with Crippen LogP contribution in [0.1, 0.15) is 51.0 Å². The van der Waals surface area contributed by atoms with Crippen LogP contribution >= 0.6 is 22.9 Å². The van der Waals surface area contributed by atoms with Gasteiger partial charge in [0, 0.05) is 19.4 Å². The molecule has 2 aliphatic rings. The molecule has 0 bridgehead atoms. The molecule has 2 aromatic heterocycles. The minimum Gasteiger partial charge on any atom is -0.381 e. The number of hydrogen-bond donors (Lipinski definition) is 1. The van der Waals surface area contributed by atoms with Crippen molar-refractivity contribution in [2.45, 2.75) is 61.1 Å². The summed E-state index contributed by atoms with van der Waals surface area (Å²) in [6, 6.07) is -0.636. The number of carbonyl (C=O) groups is 1. The Balaban J connectivity index is 1.56. The Kier molecular flexibility index (Phi) is 6.76. The summed E-state index contributed by atoms with van der Waals surface area (Å²) >= 11 is 7.10. The van der Waals surface area contributed by atoms with Crippen molar-refractivity contribution >= 4 is 43.8 Å². The van der Waals surface area contributed by atoms with E-state index in [0.717, 1.165) is 25.7 Å². The topological polar surface area (TPSA) is 103 Å².